The van der Waals surface area contributed by atoms with Gasteiger partial charge in [-0.2, -0.15) is 0 Å². The molecule has 3 rings (SSSR count). The molecule has 4 nitrogen and oxygen atoms in total. The van der Waals surface area contributed by atoms with Crippen LogP contribution in [-0.2, 0) is 16.0 Å². The molecule has 128 valence electrons. The minimum absolute atomic E-state index is 0.161. The number of amides is 1. The lowest BCUT2D eigenvalue weighted by Crippen LogP contribution is -2.50. The molecule has 24 heavy (non-hydrogen) atoms. The number of hydrogen-bond donors (Lipinski definition) is 1. The first-order valence-electron chi connectivity index (χ1n) is 8.66. The predicted molar refractivity (Wildman–Crippen MR) is 96.8 cm³/mol. The van der Waals surface area contributed by atoms with Gasteiger partial charge in [0.15, 0.2) is 0 Å². The van der Waals surface area contributed by atoms with Gasteiger partial charge in [0.2, 0.25) is 5.91 Å². The maximum absolute atomic E-state index is 12.9. The largest absolute Gasteiger partial charge is 0.381 e. The lowest BCUT2D eigenvalue weighted by atomic mass is 9.79. The van der Waals surface area contributed by atoms with Crippen LogP contribution in [0.15, 0.2) is 42.5 Å². The Hall–Kier alpha value is -1.91. The Balaban J connectivity index is 1.70. The summed E-state index contributed by atoms with van der Waals surface area (Å²) in [4.78, 5) is 14.8. The maximum Gasteiger partial charge on any atom is 0.229 e. The standard InChI is InChI=1S/C20H26N2O2/c1-22(19(23)20(15-21)10-13-24-14-11-20)12-9-17-7-4-6-16-5-2-3-8-18(16)17/h2-8H,9-15,21H2,1H3. The molecule has 1 amide bonds. The Kier molecular flexibility index (Phi) is 5.17. The average molecular weight is 326 g/mol. The number of nitrogens with two attached hydrogens (primary N) is 1. The highest BCUT2D eigenvalue weighted by Gasteiger charge is 2.40. The van der Waals surface area contributed by atoms with Crippen LogP contribution in [0.25, 0.3) is 10.8 Å². The molecule has 0 aromatic heterocycles. The molecule has 0 atom stereocenters. The van der Waals surface area contributed by atoms with Gasteiger partial charge < -0.3 is 15.4 Å². The minimum Gasteiger partial charge on any atom is -0.381 e. The minimum atomic E-state index is -0.439. The lowest BCUT2D eigenvalue weighted by Gasteiger charge is -2.37. The van der Waals surface area contributed by atoms with Crippen LogP contribution >= 0.6 is 0 Å². The normalized spacial score (nSPS) is 16.9. The van der Waals surface area contributed by atoms with Crippen LogP contribution in [-0.4, -0.2) is 44.2 Å². The fourth-order valence-electron chi connectivity index (χ4n) is 3.57. The first-order valence-corrected chi connectivity index (χ1v) is 8.66. The van der Waals surface area contributed by atoms with Crippen molar-refractivity contribution in [3.8, 4) is 0 Å². The lowest BCUT2D eigenvalue weighted by molar-refractivity contribution is -0.145. The van der Waals surface area contributed by atoms with E-state index in [9.17, 15) is 4.79 Å². The number of ether oxygens (including phenoxy) is 1. The molecule has 1 heterocycles. The van der Waals surface area contributed by atoms with Crippen molar-refractivity contribution in [2.24, 2.45) is 11.1 Å². The van der Waals surface area contributed by atoms with Crippen molar-refractivity contribution in [1.82, 2.24) is 4.90 Å². The number of likely N-dealkylation sites (N-methyl/N-ethyl adjacent to an activating group) is 1. The molecule has 1 saturated heterocycles. The third-order valence-electron chi connectivity index (χ3n) is 5.24. The van der Waals surface area contributed by atoms with E-state index in [1.165, 1.54) is 16.3 Å². The Bertz CT molecular complexity index is 702. The number of benzene rings is 2. The molecule has 0 bridgehead atoms. The van der Waals surface area contributed by atoms with Crippen molar-refractivity contribution in [2.75, 3.05) is 33.4 Å². The highest BCUT2D eigenvalue weighted by atomic mass is 16.5. The van der Waals surface area contributed by atoms with Crippen molar-refractivity contribution in [3.05, 3.63) is 48.0 Å². The van der Waals surface area contributed by atoms with Gasteiger partial charge in [0.05, 0.1) is 5.41 Å². The van der Waals surface area contributed by atoms with Crippen molar-refractivity contribution in [1.29, 1.82) is 0 Å². The van der Waals surface area contributed by atoms with E-state index in [-0.39, 0.29) is 5.91 Å². The summed E-state index contributed by atoms with van der Waals surface area (Å²) in [7, 11) is 1.89. The maximum atomic E-state index is 12.9. The van der Waals surface area contributed by atoms with Gasteiger partial charge in [-0.25, -0.2) is 0 Å². The van der Waals surface area contributed by atoms with Gasteiger partial charge in [-0.3, -0.25) is 4.79 Å². The van der Waals surface area contributed by atoms with Crippen LogP contribution in [0.4, 0.5) is 0 Å². The Labute approximate surface area is 143 Å². The molecule has 0 aliphatic carbocycles. The summed E-state index contributed by atoms with van der Waals surface area (Å²) in [6.07, 6.45) is 2.29. The van der Waals surface area contributed by atoms with Gasteiger partial charge in [0, 0.05) is 33.4 Å². The molecule has 2 aromatic rings. The van der Waals surface area contributed by atoms with Crippen LogP contribution in [0.2, 0.25) is 0 Å². The predicted octanol–water partition coefficient (Wildman–Crippen LogP) is 2.60. The second-order valence-corrected chi connectivity index (χ2v) is 6.71. The second kappa shape index (κ2) is 7.32. The van der Waals surface area contributed by atoms with Crippen LogP contribution in [0.5, 0.6) is 0 Å². The van der Waals surface area contributed by atoms with Crippen molar-refractivity contribution in [3.63, 3.8) is 0 Å². The van der Waals surface area contributed by atoms with Gasteiger partial charge in [-0.1, -0.05) is 42.5 Å². The highest BCUT2D eigenvalue weighted by Crippen LogP contribution is 2.31. The summed E-state index contributed by atoms with van der Waals surface area (Å²) in [5.41, 5.74) is 6.80. The van der Waals surface area contributed by atoms with E-state index < -0.39 is 5.41 Å². The summed E-state index contributed by atoms with van der Waals surface area (Å²) < 4.78 is 5.41. The highest BCUT2D eigenvalue weighted by molar-refractivity contribution is 5.86. The molecular formula is C20H26N2O2. The SMILES string of the molecule is CN(CCc1cccc2ccccc12)C(=O)C1(CN)CCOCC1. The molecule has 0 radical (unpaired) electrons. The quantitative estimate of drug-likeness (QED) is 0.919. The zero-order valence-electron chi connectivity index (χ0n) is 14.3. The van der Waals surface area contributed by atoms with Gasteiger partial charge in [0.1, 0.15) is 0 Å². The number of carbonyl (C=O) groups is 1. The van der Waals surface area contributed by atoms with E-state index in [2.05, 4.69) is 42.5 Å². The number of carbonyl (C=O) groups excluding carboxylic acids is 1. The molecule has 1 aliphatic heterocycles. The molecule has 2 N–H and O–H groups in total. The number of fused-ring (bicyclic) bond motifs is 1. The van der Waals surface area contributed by atoms with Crippen LogP contribution in [0.1, 0.15) is 18.4 Å². The van der Waals surface area contributed by atoms with Crippen LogP contribution < -0.4 is 5.73 Å². The molecule has 4 heteroatoms. The Morgan fingerprint density at radius 1 is 1.17 bits per heavy atom. The molecule has 0 unspecified atom stereocenters. The molecule has 1 fully saturated rings. The number of rotatable bonds is 5. The number of hydrogen-bond acceptors (Lipinski definition) is 3. The van der Waals surface area contributed by atoms with Crippen LogP contribution in [0, 0.1) is 5.41 Å². The summed E-state index contributed by atoms with van der Waals surface area (Å²) in [5, 5.41) is 2.51. The molecule has 1 aliphatic rings. The van der Waals surface area contributed by atoms with Crippen molar-refractivity contribution in [2.45, 2.75) is 19.3 Å². The van der Waals surface area contributed by atoms with E-state index >= 15 is 0 Å². The van der Waals surface area contributed by atoms with Gasteiger partial charge >= 0.3 is 0 Å². The zero-order valence-corrected chi connectivity index (χ0v) is 14.3. The summed E-state index contributed by atoms with van der Waals surface area (Å²) >= 11 is 0. The van der Waals surface area contributed by atoms with E-state index in [0.717, 1.165) is 19.3 Å². The first kappa shape index (κ1) is 16.9. The summed E-state index contributed by atoms with van der Waals surface area (Å²) in [5.74, 6) is 0.161. The fourth-order valence-corrected chi connectivity index (χ4v) is 3.57. The van der Waals surface area contributed by atoms with E-state index in [4.69, 9.17) is 10.5 Å². The van der Waals surface area contributed by atoms with E-state index in [1.54, 1.807) is 0 Å². The topological polar surface area (TPSA) is 55.6 Å². The van der Waals surface area contributed by atoms with Gasteiger partial charge in [0.25, 0.3) is 0 Å². The van der Waals surface area contributed by atoms with E-state index in [0.29, 0.717) is 26.3 Å². The molecule has 0 saturated carbocycles. The average Bonchev–Trinajstić information content (AvgIpc) is 2.66. The van der Waals surface area contributed by atoms with Crippen molar-refractivity contribution < 1.29 is 9.53 Å². The molecule has 2 aromatic carbocycles. The van der Waals surface area contributed by atoms with Gasteiger partial charge in [-0.15, -0.1) is 0 Å². The fraction of sp³-hybridized carbons (Fsp3) is 0.450. The van der Waals surface area contributed by atoms with Crippen molar-refractivity contribution >= 4 is 16.7 Å². The summed E-state index contributed by atoms with van der Waals surface area (Å²) in [6.45, 7) is 2.35. The number of nitrogens with zero attached hydrogens (tertiary/aromatic N) is 1. The Morgan fingerprint density at radius 2 is 1.88 bits per heavy atom. The monoisotopic (exact) mass is 326 g/mol. The Morgan fingerprint density at radius 3 is 2.62 bits per heavy atom. The zero-order chi connectivity index (χ0) is 17.0. The molecule has 0 spiro atoms. The third kappa shape index (κ3) is 3.30. The van der Waals surface area contributed by atoms with E-state index in [1.807, 2.05) is 11.9 Å². The van der Waals surface area contributed by atoms with Crippen LogP contribution in [0.3, 0.4) is 0 Å². The second-order valence-electron chi connectivity index (χ2n) is 6.71. The molecular weight excluding hydrogens is 300 g/mol. The first-order chi connectivity index (χ1) is 11.7. The van der Waals surface area contributed by atoms with Gasteiger partial charge in [-0.05, 0) is 35.6 Å². The summed E-state index contributed by atoms with van der Waals surface area (Å²) in [6, 6.07) is 14.7. The third-order valence-corrected chi connectivity index (χ3v) is 5.24. The smallest absolute Gasteiger partial charge is 0.229 e.